The van der Waals surface area contributed by atoms with Crippen LogP contribution in [-0.4, -0.2) is 26.6 Å². The number of aliphatic hydroxyl groups is 1. The van der Waals surface area contributed by atoms with Crippen LogP contribution in [0.2, 0.25) is 0 Å². The van der Waals surface area contributed by atoms with Gasteiger partial charge >= 0.3 is 5.97 Å². The fourth-order valence-electron chi connectivity index (χ4n) is 0.526. The van der Waals surface area contributed by atoms with Gasteiger partial charge in [0.2, 0.25) is 0 Å². The summed E-state index contributed by atoms with van der Waals surface area (Å²) in [6, 6.07) is 0. The van der Waals surface area contributed by atoms with Gasteiger partial charge in [-0.3, -0.25) is 4.79 Å². The molecular formula is C6H11BrO3. The smallest absolute Gasteiger partial charge is 0.322 e. The second kappa shape index (κ2) is 3.34. The van der Waals surface area contributed by atoms with Crippen LogP contribution in [0.25, 0.3) is 0 Å². The molecule has 3 nitrogen and oxygen atoms in total. The molecule has 0 spiro atoms. The molecule has 0 aliphatic rings. The lowest BCUT2D eigenvalue weighted by Gasteiger charge is -2.22. The highest BCUT2D eigenvalue weighted by Gasteiger charge is 2.36. The summed E-state index contributed by atoms with van der Waals surface area (Å²) >= 11 is 2.92. The molecule has 0 amide bonds. The van der Waals surface area contributed by atoms with Crippen molar-refractivity contribution >= 4 is 21.9 Å². The van der Waals surface area contributed by atoms with Crippen LogP contribution in [0.1, 0.15) is 20.3 Å². The number of carboxylic acids is 1. The molecule has 0 aromatic heterocycles. The summed E-state index contributed by atoms with van der Waals surface area (Å²) in [5, 5.41) is 17.7. The topological polar surface area (TPSA) is 57.5 Å². The Morgan fingerprint density at radius 2 is 2.20 bits per heavy atom. The van der Waals surface area contributed by atoms with Crippen LogP contribution in [0.15, 0.2) is 0 Å². The number of rotatable bonds is 3. The Morgan fingerprint density at radius 3 is 2.30 bits per heavy atom. The Morgan fingerprint density at radius 1 is 1.80 bits per heavy atom. The van der Waals surface area contributed by atoms with Gasteiger partial charge in [0.05, 0.1) is 6.10 Å². The summed E-state index contributed by atoms with van der Waals surface area (Å²) in [6.45, 7) is 3.16. The van der Waals surface area contributed by atoms with E-state index in [2.05, 4.69) is 15.9 Å². The molecule has 0 unspecified atom stereocenters. The van der Waals surface area contributed by atoms with Crippen molar-refractivity contribution in [2.75, 3.05) is 0 Å². The van der Waals surface area contributed by atoms with E-state index < -0.39 is 16.4 Å². The maximum absolute atomic E-state index is 10.4. The normalized spacial score (nSPS) is 19.6. The van der Waals surface area contributed by atoms with Gasteiger partial charge in [0, 0.05) is 0 Å². The Bertz CT molecular complexity index is 133. The molecule has 4 heteroatoms. The summed E-state index contributed by atoms with van der Waals surface area (Å²) in [5.41, 5.74) is 0. The van der Waals surface area contributed by atoms with E-state index in [1.165, 1.54) is 6.92 Å². The van der Waals surface area contributed by atoms with Crippen molar-refractivity contribution in [1.29, 1.82) is 0 Å². The Labute approximate surface area is 68.2 Å². The first-order valence-corrected chi connectivity index (χ1v) is 3.82. The van der Waals surface area contributed by atoms with Crippen LogP contribution >= 0.6 is 15.9 Å². The monoisotopic (exact) mass is 210 g/mol. The molecule has 0 aromatic carbocycles. The quantitative estimate of drug-likeness (QED) is 0.684. The number of carbonyl (C=O) groups is 1. The molecule has 60 valence electrons. The van der Waals surface area contributed by atoms with Gasteiger partial charge in [-0.1, -0.05) is 22.9 Å². The van der Waals surface area contributed by atoms with Crippen molar-refractivity contribution in [1.82, 2.24) is 0 Å². The first kappa shape index (κ1) is 9.91. The summed E-state index contributed by atoms with van der Waals surface area (Å²) in [6.07, 6.45) is -0.418. The molecule has 0 aliphatic heterocycles. The molecule has 0 bridgehead atoms. The molecular weight excluding hydrogens is 200 g/mol. The Kier molecular flexibility index (Phi) is 3.31. The van der Waals surface area contributed by atoms with Crippen molar-refractivity contribution in [3.63, 3.8) is 0 Å². The third-order valence-electron chi connectivity index (χ3n) is 1.43. The van der Waals surface area contributed by atoms with Crippen molar-refractivity contribution in [3.05, 3.63) is 0 Å². The predicted molar refractivity (Wildman–Crippen MR) is 41.3 cm³/mol. The lowest BCUT2D eigenvalue weighted by Crippen LogP contribution is -2.40. The van der Waals surface area contributed by atoms with E-state index in [0.717, 1.165) is 0 Å². The van der Waals surface area contributed by atoms with E-state index in [-0.39, 0.29) is 0 Å². The minimum Gasteiger partial charge on any atom is -0.480 e. The Hall–Kier alpha value is -0.0900. The molecule has 2 N–H and O–H groups in total. The van der Waals surface area contributed by atoms with Crippen LogP contribution < -0.4 is 0 Å². The number of hydrogen-bond donors (Lipinski definition) is 2. The first-order chi connectivity index (χ1) is 4.42. The van der Waals surface area contributed by atoms with Crippen molar-refractivity contribution in [3.8, 4) is 0 Å². The number of carboxylic acid groups (broad SMARTS) is 1. The highest BCUT2D eigenvalue weighted by Crippen LogP contribution is 2.23. The van der Waals surface area contributed by atoms with Gasteiger partial charge in [-0.25, -0.2) is 0 Å². The lowest BCUT2D eigenvalue weighted by molar-refractivity contribution is -0.142. The van der Waals surface area contributed by atoms with Crippen LogP contribution in [0.3, 0.4) is 0 Å². The molecule has 10 heavy (non-hydrogen) atoms. The number of aliphatic hydroxyl groups excluding tert-OH is 1. The van der Waals surface area contributed by atoms with Gasteiger partial charge < -0.3 is 10.2 Å². The highest BCUT2D eigenvalue weighted by molar-refractivity contribution is 9.10. The van der Waals surface area contributed by atoms with Crippen molar-refractivity contribution in [2.45, 2.75) is 30.7 Å². The number of aliphatic carboxylic acids is 1. The van der Waals surface area contributed by atoms with Crippen molar-refractivity contribution in [2.24, 2.45) is 0 Å². The van der Waals surface area contributed by atoms with E-state index in [0.29, 0.717) is 6.42 Å². The summed E-state index contributed by atoms with van der Waals surface area (Å²) in [4.78, 5) is 10.4. The van der Waals surface area contributed by atoms with E-state index >= 15 is 0 Å². The Balaban J connectivity index is 4.23. The van der Waals surface area contributed by atoms with E-state index in [9.17, 15) is 4.79 Å². The van der Waals surface area contributed by atoms with Gasteiger partial charge in [0.15, 0.2) is 0 Å². The fourth-order valence-corrected chi connectivity index (χ4v) is 0.850. The molecule has 2 atom stereocenters. The number of hydrogen-bond acceptors (Lipinski definition) is 2. The van der Waals surface area contributed by atoms with Gasteiger partial charge in [-0.05, 0) is 13.3 Å². The fraction of sp³-hybridized carbons (Fsp3) is 0.833. The number of halogens is 1. The van der Waals surface area contributed by atoms with Crippen LogP contribution in [0.4, 0.5) is 0 Å². The van der Waals surface area contributed by atoms with Crippen LogP contribution in [0.5, 0.6) is 0 Å². The van der Waals surface area contributed by atoms with Crippen LogP contribution in [-0.2, 0) is 4.79 Å². The maximum Gasteiger partial charge on any atom is 0.322 e. The average molecular weight is 211 g/mol. The summed E-state index contributed by atoms with van der Waals surface area (Å²) in [7, 11) is 0. The van der Waals surface area contributed by atoms with Crippen molar-refractivity contribution < 1.29 is 15.0 Å². The largest absolute Gasteiger partial charge is 0.480 e. The van der Waals surface area contributed by atoms with Gasteiger partial charge in [0.25, 0.3) is 0 Å². The average Bonchev–Trinajstić information content (AvgIpc) is 1.86. The molecule has 0 saturated heterocycles. The third-order valence-corrected chi connectivity index (χ3v) is 2.30. The summed E-state index contributed by atoms with van der Waals surface area (Å²) in [5.74, 6) is -1.04. The van der Waals surface area contributed by atoms with Gasteiger partial charge in [0.1, 0.15) is 4.32 Å². The highest BCUT2D eigenvalue weighted by atomic mass is 79.9. The van der Waals surface area contributed by atoms with E-state index in [1.807, 2.05) is 0 Å². The molecule has 0 radical (unpaired) electrons. The second-order valence-electron chi connectivity index (χ2n) is 2.30. The molecule has 0 saturated carbocycles. The zero-order valence-electron chi connectivity index (χ0n) is 5.97. The maximum atomic E-state index is 10.4. The second-order valence-corrected chi connectivity index (χ2v) is 3.95. The van der Waals surface area contributed by atoms with E-state index in [4.69, 9.17) is 10.2 Å². The molecule has 0 aromatic rings. The standard InChI is InChI=1S/C6H11BrO3/c1-3-4(8)6(2,7)5(9)10/h4,8H,3H2,1-2H3,(H,9,10)/t4-,6-/m1/s1. The molecule has 0 aliphatic carbocycles. The SMILES string of the molecule is CC[C@@H](O)[C@@](C)(Br)C(=O)O. The minimum atomic E-state index is -1.21. The van der Waals surface area contributed by atoms with Crippen LogP contribution in [0, 0.1) is 0 Å². The lowest BCUT2D eigenvalue weighted by atomic mass is 10.0. The number of alkyl halides is 1. The summed E-state index contributed by atoms with van der Waals surface area (Å²) < 4.78 is -1.21. The predicted octanol–water partition coefficient (Wildman–Crippen LogP) is 0.996. The third kappa shape index (κ3) is 1.95. The molecule has 0 heterocycles. The zero-order chi connectivity index (χ0) is 8.36. The minimum absolute atomic E-state index is 0.425. The molecule has 0 fully saturated rings. The molecule has 0 rings (SSSR count). The van der Waals surface area contributed by atoms with E-state index in [1.54, 1.807) is 6.92 Å². The van der Waals surface area contributed by atoms with Gasteiger partial charge in [-0.2, -0.15) is 0 Å². The van der Waals surface area contributed by atoms with Gasteiger partial charge in [-0.15, -0.1) is 0 Å². The zero-order valence-corrected chi connectivity index (χ0v) is 7.55. The first-order valence-electron chi connectivity index (χ1n) is 3.03.